The fraction of sp³-hybridized carbons (Fsp3) is 0.364. The van der Waals surface area contributed by atoms with Gasteiger partial charge in [0.25, 0.3) is 0 Å². The van der Waals surface area contributed by atoms with Crippen molar-refractivity contribution in [1.29, 1.82) is 0 Å². The zero-order valence-electron chi connectivity index (χ0n) is 7.79. The number of nitrogens with one attached hydrogen (secondary N) is 1. The maximum atomic E-state index is 11.0. The summed E-state index contributed by atoms with van der Waals surface area (Å²) in [4.78, 5) is 11.0. The summed E-state index contributed by atoms with van der Waals surface area (Å²) in [5.41, 5.74) is 1.28. The maximum absolute atomic E-state index is 11.0. The summed E-state index contributed by atoms with van der Waals surface area (Å²) < 4.78 is 1.09. The van der Waals surface area contributed by atoms with Crippen molar-refractivity contribution < 1.29 is 4.79 Å². The van der Waals surface area contributed by atoms with Crippen LogP contribution in [0.2, 0.25) is 0 Å². The molecule has 1 aliphatic heterocycles. The molecule has 0 bridgehead atoms. The van der Waals surface area contributed by atoms with Gasteiger partial charge in [0.05, 0.1) is 0 Å². The van der Waals surface area contributed by atoms with E-state index in [9.17, 15) is 4.79 Å². The van der Waals surface area contributed by atoms with Crippen LogP contribution in [0.1, 0.15) is 18.4 Å². The minimum atomic E-state index is 0.187. The van der Waals surface area contributed by atoms with Gasteiger partial charge < -0.3 is 5.32 Å². The molecule has 0 radical (unpaired) electrons. The van der Waals surface area contributed by atoms with Crippen molar-refractivity contribution in [3.05, 3.63) is 34.3 Å². The molecule has 1 amide bonds. The van der Waals surface area contributed by atoms with Crippen molar-refractivity contribution in [1.82, 2.24) is 5.32 Å². The molecule has 1 aromatic rings. The number of carbonyl (C=O) groups is 1. The Morgan fingerprint density at radius 3 is 2.64 bits per heavy atom. The molecule has 2 nitrogen and oxygen atoms in total. The summed E-state index contributed by atoms with van der Waals surface area (Å²) in [6, 6.07) is 8.59. The lowest BCUT2D eigenvalue weighted by Crippen LogP contribution is -2.27. The lowest BCUT2D eigenvalue weighted by atomic mass is 10.1. The smallest absolute Gasteiger partial charge is 0.220 e. The van der Waals surface area contributed by atoms with Crippen LogP contribution in [0.5, 0.6) is 0 Å². The van der Waals surface area contributed by atoms with Gasteiger partial charge in [-0.15, -0.1) is 0 Å². The average Bonchev–Trinajstić information content (AvgIpc) is 2.56. The second-order valence-corrected chi connectivity index (χ2v) is 4.55. The van der Waals surface area contributed by atoms with E-state index in [1.54, 1.807) is 0 Å². The van der Waals surface area contributed by atoms with Crippen molar-refractivity contribution in [2.45, 2.75) is 25.3 Å². The van der Waals surface area contributed by atoms with Crippen molar-refractivity contribution in [3.8, 4) is 0 Å². The number of hydrogen-bond acceptors (Lipinski definition) is 1. The molecular formula is C11H12BrNO. The first kappa shape index (κ1) is 9.71. The molecule has 1 fully saturated rings. The molecule has 14 heavy (non-hydrogen) atoms. The molecule has 3 heteroatoms. The van der Waals surface area contributed by atoms with Gasteiger partial charge in [0, 0.05) is 16.9 Å². The number of benzene rings is 1. The molecular weight excluding hydrogens is 242 g/mol. The van der Waals surface area contributed by atoms with E-state index in [1.807, 2.05) is 12.1 Å². The van der Waals surface area contributed by atoms with Gasteiger partial charge in [-0.25, -0.2) is 0 Å². The molecule has 0 saturated carbocycles. The SMILES string of the molecule is O=C1CC[C@@H](Cc2ccc(Br)cc2)N1. The largest absolute Gasteiger partial charge is 0.353 e. The van der Waals surface area contributed by atoms with Crippen LogP contribution in [0.3, 0.4) is 0 Å². The summed E-state index contributed by atoms with van der Waals surface area (Å²) >= 11 is 3.40. The van der Waals surface area contributed by atoms with Crippen molar-refractivity contribution in [2.75, 3.05) is 0 Å². The number of halogens is 1. The summed E-state index contributed by atoms with van der Waals surface area (Å²) in [5, 5.41) is 2.97. The van der Waals surface area contributed by atoms with Crippen molar-refractivity contribution in [3.63, 3.8) is 0 Å². The summed E-state index contributed by atoms with van der Waals surface area (Å²) in [7, 11) is 0. The molecule has 0 aromatic heterocycles. The number of amides is 1. The Balaban J connectivity index is 1.97. The average molecular weight is 254 g/mol. The molecule has 0 unspecified atom stereocenters. The van der Waals surface area contributed by atoms with Crippen LogP contribution in [0.15, 0.2) is 28.7 Å². The van der Waals surface area contributed by atoms with Crippen LogP contribution >= 0.6 is 15.9 Å². The summed E-state index contributed by atoms with van der Waals surface area (Å²) in [6.45, 7) is 0. The normalized spacial score (nSPS) is 20.9. The molecule has 2 rings (SSSR count). The highest BCUT2D eigenvalue weighted by Gasteiger charge is 2.20. The lowest BCUT2D eigenvalue weighted by Gasteiger charge is -2.09. The zero-order chi connectivity index (χ0) is 9.97. The molecule has 1 aromatic carbocycles. The van der Waals surface area contributed by atoms with Gasteiger partial charge in [-0.2, -0.15) is 0 Å². The van der Waals surface area contributed by atoms with Gasteiger partial charge >= 0.3 is 0 Å². The van der Waals surface area contributed by atoms with E-state index in [4.69, 9.17) is 0 Å². The second kappa shape index (κ2) is 4.13. The van der Waals surface area contributed by atoms with Crippen molar-refractivity contribution in [2.24, 2.45) is 0 Å². The van der Waals surface area contributed by atoms with Crippen LogP contribution in [-0.2, 0) is 11.2 Å². The number of carbonyl (C=O) groups excluding carboxylic acids is 1. The fourth-order valence-corrected chi connectivity index (χ4v) is 2.00. The minimum Gasteiger partial charge on any atom is -0.353 e. The molecule has 0 aliphatic carbocycles. The van der Waals surface area contributed by atoms with Gasteiger partial charge in [0.2, 0.25) is 5.91 Å². The quantitative estimate of drug-likeness (QED) is 0.861. The predicted octanol–water partition coefficient (Wildman–Crippen LogP) is 2.27. The van der Waals surface area contributed by atoms with Crippen LogP contribution < -0.4 is 5.32 Å². The summed E-state index contributed by atoms with van der Waals surface area (Å²) in [6.07, 6.45) is 2.59. The van der Waals surface area contributed by atoms with Gasteiger partial charge in [0.1, 0.15) is 0 Å². The van der Waals surface area contributed by atoms with E-state index in [1.165, 1.54) is 5.56 Å². The monoisotopic (exact) mass is 253 g/mol. The second-order valence-electron chi connectivity index (χ2n) is 3.63. The molecule has 74 valence electrons. The van der Waals surface area contributed by atoms with Crippen LogP contribution in [0.4, 0.5) is 0 Å². The van der Waals surface area contributed by atoms with Gasteiger partial charge in [-0.05, 0) is 30.5 Å². The third kappa shape index (κ3) is 2.35. The molecule has 1 saturated heterocycles. The lowest BCUT2D eigenvalue weighted by molar-refractivity contribution is -0.119. The van der Waals surface area contributed by atoms with Crippen LogP contribution in [-0.4, -0.2) is 11.9 Å². The fourth-order valence-electron chi connectivity index (χ4n) is 1.74. The van der Waals surface area contributed by atoms with E-state index >= 15 is 0 Å². The number of hydrogen-bond donors (Lipinski definition) is 1. The Morgan fingerprint density at radius 2 is 2.07 bits per heavy atom. The van der Waals surface area contributed by atoms with Gasteiger partial charge in [-0.1, -0.05) is 28.1 Å². The Bertz CT molecular complexity index is 334. The molecule has 1 N–H and O–H groups in total. The molecule has 1 atom stereocenters. The molecule has 1 aliphatic rings. The Hall–Kier alpha value is -0.830. The zero-order valence-corrected chi connectivity index (χ0v) is 9.38. The first-order valence-electron chi connectivity index (χ1n) is 4.78. The maximum Gasteiger partial charge on any atom is 0.220 e. The standard InChI is InChI=1S/C11H12BrNO/c12-9-3-1-8(2-4-9)7-10-5-6-11(14)13-10/h1-4,10H,5-7H2,(H,13,14)/t10-/m0/s1. The third-order valence-electron chi connectivity index (χ3n) is 2.48. The minimum absolute atomic E-state index is 0.187. The first-order valence-corrected chi connectivity index (χ1v) is 5.57. The van der Waals surface area contributed by atoms with Crippen LogP contribution in [0, 0.1) is 0 Å². The third-order valence-corrected chi connectivity index (χ3v) is 3.01. The van der Waals surface area contributed by atoms with E-state index < -0.39 is 0 Å². The Kier molecular flexibility index (Phi) is 2.87. The van der Waals surface area contributed by atoms with Crippen molar-refractivity contribution >= 4 is 21.8 Å². The highest BCUT2D eigenvalue weighted by Crippen LogP contribution is 2.15. The Morgan fingerprint density at radius 1 is 1.36 bits per heavy atom. The highest BCUT2D eigenvalue weighted by molar-refractivity contribution is 9.10. The van der Waals surface area contributed by atoms with E-state index in [0.29, 0.717) is 12.5 Å². The predicted molar refractivity (Wildman–Crippen MR) is 59.0 cm³/mol. The van der Waals surface area contributed by atoms with Gasteiger partial charge in [-0.3, -0.25) is 4.79 Å². The van der Waals surface area contributed by atoms with Gasteiger partial charge in [0.15, 0.2) is 0 Å². The highest BCUT2D eigenvalue weighted by atomic mass is 79.9. The first-order chi connectivity index (χ1) is 6.74. The van der Waals surface area contributed by atoms with Crippen LogP contribution in [0.25, 0.3) is 0 Å². The Labute approximate surface area is 91.8 Å². The molecule has 0 spiro atoms. The topological polar surface area (TPSA) is 29.1 Å². The van der Waals surface area contributed by atoms with E-state index in [2.05, 4.69) is 33.4 Å². The molecule has 1 heterocycles. The van der Waals surface area contributed by atoms with E-state index in [0.717, 1.165) is 17.3 Å². The number of rotatable bonds is 2. The van der Waals surface area contributed by atoms with E-state index in [-0.39, 0.29) is 5.91 Å². The summed E-state index contributed by atoms with van der Waals surface area (Å²) in [5.74, 6) is 0.187.